The van der Waals surface area contributed by atoms with Crippen molar-refractivity contribution in [2.75, 3.05) is 0 Å². The van der Waals surface area contributed by atoms with E-state index in [4.69, 9.17) is 4.74 Å². The van der Waals surface area contributed by atoms with Crippen LogP contribution in [0.5, 0.6) is 5.75 Å². The number of nitrogens with one attached hydrogen (secondary N) is 1. The lowest BCUT2D eigenvalue weighted by molar-refractivity contribution is 0.121. The number of amides is 1. The van der Waals surface area contributed by atoms with Crippen molar-refractivity contribution in [1.82, 2.24) is 15.1 Å². The van der Waals surface area contributed by atoms with Crippen LogP contribution in [0, 0.1) is 0 Å². The number of aromatic nitrogens is 2. The minimum absolute atomic E-state index is 0.243. The number of ether oxygens (including phenoxy) is 1. The van der Waals surface area contributed by atoms with Gasteiger partial charge in [-0.3, -0.25) is 4.68 Å². The maximum Gasteiger partial charge on any atom is 0.413 e. The topological polar surface area (TPSA) is 56.1 Å². The Hall–Kier alpha value is -1.66. The molecule has 1 aliphatic rings. The van der Waals surface area contributed by atoms with Crippen LogP contribution >= 0.6 is 0 Å². The largest absolute Gasteiger partial charge is 0.413 e. The predicted octanol–water partition coefficient (Wildman–Crippen LogP) is 1.31. The van der Waals surface area contributed by atoms with E-state index in [1.807, 2.05) is 0 Å². The lowest BCUT2D eigenvalue weighted by atomic mass is 10.2. The Morgan fingerprint density at radius 1 is 1.73 bits per heavy atom. The summed E-state index contributed by atoms with van der Waals surface area (Å²) in [6.07, 6.45) is -1.77. The molecule has 1 aromatic rings. The van der Waals surface area contributed by atoms with Crippen LogP contribution in [0.2, 0.25) is 0 Å². The summed E-state index contributed by atoms with van der Waals surface area (Å²) in [6, 6.07) is -0.319. The SMILES string of the molecule is CC1NC(=O)Oc2cn(CC(F)F)nc21. The van der Waals surface area contributed by atoms with Crippen LogP contribution in [0.15, 0.2) is 6.20 Å². The van der Waals surface area contributed by atoms with Crippen molar-refractivity contribution in [3.05, 3.63) is 11.9 Å². The number of fused-ring (bicyclic) bond motifs is 1. The molecule has 0 saturated carbocycles. The van der Waals surface area contributed by atoms with E-state index in [1.165, 1.54) is 6.20 Å². The van der Waals surface area contributed by atoms with Crippen LogP contribution in [0.25, 0.3) is 0 Å². The first-order valence-corrected chi connectivity index (χ1v) is 4.40. The molecule has 0 aliphatic carbocycles. The van der Waals surface area contributed by atoms with Crippen LogP contribution in [-0.4, -0.2) is 22.3 Å². The van der Waals surface area contributed by atoms with Crippen molar-refractivity contribution in [2.45, 2.75) is 25.9 Å². The summed E-state index contributed by atoms with van der Waals surface area (Å²) in [7, 11) is 0. The van der Waals surface area contributed by atoms with Crippen LogP contribution in [-0.2, 0) is 6.54 Å². The molecule has 1 aromatic heterocycles. The molecule has 1 atom stereocenters. The van der Waals surface area contributed by atoms with Gasteiger partial charge in [0.2, 0.25) is 0 Å². The second-order valence-electron chi connectivity index (χ2n) is 3.25. The fourth-order valence-corrected chi connectivity index (χ4v) is 1.41. The molecule has 0 radical (unpaired) electrons. The van der Waals surface area contributed by atoms with E-state index >= 15 is 0 Å². The quantitative estimate of drug-likeness (QED) is 0.812. The summed E-state index contributed by atoms with van der Waals surface area (Å²) in [5, 5.41) is 6.38. The monoisotopic (exact) mass is 217 g/mol. The van der Waals surface area contributed by atoms with Gasteiger partial charge in [0.05, 0.1) is 12.2 Å². The van der Waals surface area contributed by atoms with Gasteiger partial charge in [0, 0.05) is 0 Å². The maximum atomic E-state index is 12.1. The Bertz CT molecular complexity index is 391. The Morgan fingerprint density at radius 3 is 3.13 bits per heavy atom. The number of alkyl halides is 2. The standard InChI is InChI=1S/C8H9F2N3O2/c1-4-7-5(15-8(14)11-4)2-13(12-7)3-6(9)10/h2,4,6H,3H2,1H3,(H,11,14). The molecule has 0 fully saturated rings. The van der Waals surface area contributed by atoms with Gasteiger partial charge in [-0.1, -0.05) is 0 Å². The van der Waals surface area contributed by atoms with Gasteiger partial charge >= 0.3 is 6.09 Å². The van der Waals surface area contributed by atoms with E-state index in [2.05, 4.69) is 10.4 Å². The third kappa shape index (κ3) is 1.90. The molecule has 1 amide bonds. The van der Waals surface area contributed by atoms with Gasteiger partial charge in [-0.25, -0.2) is 13.6 Å². The molecule has 5 nitrogen and oxygen atoms in total. The zero-order valence-corrected chi connectivity index (χ0v) is 7.91. The highest BCUT2D eigenvalue weighted by atomic mass is 19.3. The summed E-state index contributed by atoms with van der Waals surface area (Å²) in [5.74, 6) is 0.243. The second kappa shape index (κ2) is 3.48. The summed E-state index contributed by atoms with van der Waals surface area (Å²) in [4.78, 5) is 10.9. The van der Waals surface area contributed by atoms with Gasteiger partial charge in [-0.2, -0.15) is 5.10 Å². The van der Waals surface area contributed by atoms with Crippen LogP contribution in [0.1, 0.15) is 18.7 Å². The van der Waals surface area contributed by atoms with Crippen molar-refractivity contribution in [3.8, 4) is 5.75 Å². The van der Waals surface area contributed by atoms with Crippen LogP contribution < -0.4 is 10.1 Å². The molecule has 7 heteroatoms. The van der Waals surface area contributed by atoms with Gasteiger partial charge in [-0.05, 0) is 6.92 Å². The van der Waals surface area contributed by atoms with E-state index in [0.717, 1.165) is 4.68 Å². The first kappa shape index (κ1) is 9.88. The first-order valence-electron chi connectivity index (χ1n) is 4.40. The number of carbonyl (C=O) groups is 1. The Labute approximate surface area is 84.0 Å². The Kier molecular flexibility index (Phi) is 2.29. The van der Waals surface area contributed by atoms with E-state index in [0.29, 0.717) is 5.69 Å². The van der Waals surface area contributed by atoms with Gasteiger partial charge in [0.25, 0.3) is 6.43 Å². The highest BCUT2D eigenvalue weighted by Gasteiger charge is 2.26. The zero-order chi connectivity index (χ0) is 11.0. The molecule has 15 heavy (non-hydrogen) atoms. The lowest BCUT2D eigenvalue weighted by Crippen LogP contribution is -2.34. The molecule has 0 spiro atoms. The Balaban J connectivity index is 2.26. The summed E-state index contributed by atoms with van der Waals surface area (Å²) in [6.45, 7) is 1.20. The van der Waals surface area contributed by atoms with E-state index in [-0.39, 0.29) is 11.8 Å². The average Bonchev–Trinajstić information content (AvgIpc) is 2.45. The molecular weight excluding hydrogens is 208 g/mol. The molecule has 2 rings (SSSR count). The number of hydrogen-bond donors (Lipinski definition) is 1. The summed E-state index contributed by atoms with van der Waals surface area (Å²) < 4.78 is 30.0. The number of hydrogen-bond acceptors (Lipinski definition) is 3. The summed E-state index contributed by atoms with van der Waals surface area (Å²) >= 11 is 0. The fourth-order valence-electron chi connectivity index (χ4n) is 1.41. The first-order chi connectivity index (χ1) is 7.06. The van der Waals surface area contributed by atoms with Crippen molar-refractivity contribution in [2.24, 2.45) is 0 Å². The van der Waals surface area contributed by atoms with Crippen molar-refractivity contribution in [1.29, 1.82) is 0 Å². The van der Waals surface area contributed by atoms with Crippen LogP contribution in [0.3, 0.4) is 0 Å². The normalized spacial score (nSPS) is 19.7. The van der Waals surface area contributed by atoms with Gasteiger partial charge in [0.15, 0.2) is 5.75 Å². The van der Waals surface area contributed by atoms with Crippen LogP contribution in [0.4, 0.5) is 13.6 Å². The minimum Gasteiger partial charge on any atom is -0.407 e. The third-order valence-electron chi connectivity index (χ3n) is 2.03. The van der Waals surface area contributed by atoms with Gasteiger partial charge < -0.3 is 10.1 Å². The number of rotatable bonds is 2. The Morgan fingerprint density at radius 2 is 2.47 bits per heavy atom. The van der Waals surface area contributed by atoms with Crippen molar-refractivity contribution < 1.29 is 18.3 Å². The molecule has 1 N–H and O–H groups in total. The van der Waals surface area contributed by atoms with E-state index in [1.54, 1.807) is 6.92 Å². The van der Waals surface area contributed by atoms with E-state index < -0.39 is 19.1 Å². The zero-order valence-electron chi connectivity index (χ0n) is 7.91. The van der Waals surface area contributed by atoms with Crippen molar-refractivity contribution in [3.63, 3.8) is 0 Å². The molecule has 1 aliphatic heterocycles. The molecule has 2 heterocycles. The number of halogens is 2. The smallest absolute Gasteiger partial charge is 0.407 e. The molecular formula is C8H9F2N3O2. The van der Waals surface area contributed by atoms with E-state index in [9.17, 15) is 13.6 Å². The molecule has 0 saturated heterocycles. The van der Waals surface area contributed by atoms with Gasteiger partial charge in [0.1, 0.15) is 12.2 Å². The third-order valence-corrected chi connectivity index (χ3v) is 2.03. The second-order valence-corrected chi connectivity index (χ2v) is 3.25. The number of carbonyl (C=O) groups excluding carboxylic acids is 1. The highest BCUT2D eigenvalue weighted by Crippen LogP contribution is 2.27. The molecule has 82 valence electrons. The molecule has 1 unspecified atom stereocenters. The number of nitrogens with zero attached hydrogens (tertiary/aromatic N) is 2. The lowest BCUT2D eigenvalue weighted by Gasteiger charge is -2.17. The highest BCUT2D eigenvalue weighted by molar-refractivity contribution is 5.73. The average molecular weight is 217 g/mol. The molecule has 0 aromatic carbocycles. The molecule has 0 bridgehead atoms. The fraction of sp³-hybridized carbons (Fsp3) is 0.500. The minimum atomic E-state index is -2.48. The van der Waals surface area contributed by atoms with Gasteiger partial charge in [-0.15, -0.1) is 0 Å². The van der Waals surface area contributed by atoms with Crippen molar-refractivity contribution >= 4 is 6.09 Å². The predicted molar refractivity (Wildman–Crippen MR) is 45.8 cm³/mol. The summed E-state index contributed by atoms with van der Waals surface area (Å²) in [5.41, 5.74) is 0.468. The maximum absolute atomic E-state index is 12.1.